The Labute approximate surface area is 223 Å². The Morgan fingerprint density at radius 1 is 0.842 bits per heavy atom. The van der Waals surface area contributed by atoms with Crippen molar-refractivity contribution in [3.8, 4) is 5.75 Å². The fourth-order valence-electron chi connectivity index (χ4n) is 5.03. The SMILES string of the molecule is O=C(O)CCCc1[nH]c2ccccc2c1C(=O)c1ccc(OCCCCc2ccc(CC3CC3)cc2)cc1. The van der Waals surface area contributed by atoms with Gasteiger partial charge in [-0.15, -0.1) is 0 Å². The molecular weight excluding hydrogens is 474 g/mol. The fourth-order valence-corrected chi connectivity index (χ4v) is 5.03. The normalized spacial score (nSPS) is 13.1. The zero-order chi connectivity index (χ0) is 26.3. The summed E-state index contributed by atoms with van der Waals surface area (Å²) in [6.07, 6.45) is 8.16. The van der Waals surface area contributed by atoms with Gasteiger partial charge in [0.15, 0.2) is 5.78 Å². The molecule has 5 nitrogen and oxygen atoms in total. The summed E-state index contributed by atoms with van der Waals surface area (Å²) in [5.41, 5.74) is 5.73. The number of ketones is 1. The van der Waals surface area contributed by atoms with Crippen molar-refractivity contribution in [1.82, 2.24) is 4.98 Å². The predicted molar refractivity (Wildman–Crippen MR) is 150 cm³/mol. The number of hydrogen-bond donors (Lipinski definition) is 2. The Morgan fingerprint density at radius 3 is 2.32 bits per heavy atom. The Balaban J connectivity index is 1.13. The van der Waals surface area contributed by atoms with Gasteiger partial charge in [0.25, 0.3) is 0 Å². The molecule has 1 aliphatic rings. The van der Waals surface area contributed by atoms with Gasteiger partial charge < -0.3 is 14.8 Å². The van der Waals surface area contributed by atoms with Crippen LogP contribution in [-0.2, 0) is 24.1 Å². The van der Waals surface area contributed by atoms with Crippen LogP contribution in [0.4, 0.5) is 0 Å². The molecule has 0 aliphatic heterocycles. The number of rotatable bonds is 14. The number of carboxylic acid groups (broad SMARTS) is 1. The quantitative estimate of drug-likeness (QED) is 0.140. The number of aromatic amines is 1. The molecule has 0 amide bonds. The van der Waals surface area contributed by atoms with E-state index in [1.54, 1.807) is 0 Å². The summed E-state index contributed by atoms with van der Waals surface area (Å²) in [7, 11) is 0. The molecule has 0 saturated heterocycles. The molecule has 3 aromatic carbocycles. The van der Waals surface area contributed by atoms with Crippen LogP contribution in [0.3, 0.4) is 0 Å². The summed E-state index contributed by atoms with van der Waals surface area (Å²) in [5, 5.41) is 9.86. The third-order valence-corrected chi connectivity index (χ3v) is 7.32. The standard InChI is InChI=1S/C33H35NO4/c35-31(36)10-5-9-30-32(28-7-1-2-8-29(28)34-30)33(37)26-17-19-27(20-18-26)38-21-4-3-6-23-11-13-24(14-12-23)22-25-15-16-25/h1-2,7-8,11-14,17-20,25,34H,3-6,9-10,15-16,21-22H2,(H,35,36). The number of carbonyl (C=O) groups is 2. The van der Waals surface area contributed by atoms with E-state index in [4.69, 9.17) is 9.84 Å². The van der Waals surface area contributed by atoms with Gasteiger partial charge >= 0.3 is 5.97 Å². The van der Waals surface area contributed by atoms with Crippen molar-refractivity contribution < 1.29 is 19.4 Å². The van der Waals surface area contributed by atoms with Crippen molar-refractivity contribution in [2.24, 2.45) is 5.92 Å². The number of unbranched alkanes of at least 4 members (excludes halogenated alkanes) is 1. The molecule has 1 aromatic heterocycles. The zero-order valence-electron chi connectivity index (χ0n) is 21.7. The maximum atomic E-state index is 13.5. The number of carbonyl (C=O) groups excluding carboxylic acids is 1. The number of aryl methyl sites for hydroxylation is 2. The number of carboxylic acids is 1. The van der Waals surface area contributed by atoms with E-state index in [1.807, 2.05) is 48.5 Å². The Morgan fingerprint density at radius 2 is 1.58 bits per heavy atom. The average molecular weight is 510 g/mol. The minimum atomic E-state index is -0.831. The molecular formula is C33H35NO4. The van der Waals surface area contributed by atoms with Crippen molar-refractivity contribution in [2.45, 2.75) is 57.8 Å². The first-order chi connectivity index (χ1) is 18.6. The maximum Gasteiger partial charge on any atom is 0.303 e. The van der Waals surface area contributed by atoms with E-state index in [9.17, 15) is 9.59 Å². The number of hydrogen-bond acceptors (Lipinski definition) is 3. The number of aromatic nitrogens is 1. The molecule has 2 N–H and O–H groups in total. The van der Waals surface area contributed by atoms with E-state index in [0.717, 1.165) is 47.5 Å². The highest BCUT2D eigenvalue weighted by atomic mass is 16.5. The molecule has 0 radical (unpaired) electrons. The van der Waals surface area contributed by atoms with Gasteiger partial charge in [0.2, 0.25) is 0 Å². The van der Waals surface area contributed by atoms with Gasteiger partial charge in [-0.1, -0.05) is 42.5 Å². The molecule has 1 heterocycles. The highest BCUT2D eigenvalue weighted by Gasteiger charge is 2.21. The monoisotopic (exact) mass is 509 g/mol. The molecule has 5 heteroatoms. The highest BCUT2D eigenvalue weighted by molar-refractivity contribution is 6.17. The lowest BCUT2D eigenvalue weighted by Crippen LogP contribution is -2.06. The molecule has 1 aliphatic carbocycles. The summed E-state index contributed by atoms with van der Waals surface area (Å²) in [6, 6.07) is 24.1. The van der Waals surface area contributed by atoms with E-state index in [0.29, 0.717) is 30.6 Å². The minimum absolute atomic E-state index is 0.0672. The molecule has 196 valence electrons. The van der Waals surface area contributed by atoms with Crippen LogP contribution in [0, 0.1) is 5.92 Å². The van der Waals surface area contributed by atoms with Crippen LogP contribution in [0.2, 0.25) is 0 Å². The summed E-state index contributed by atoms with van der Waals surface area (Å²) in [5.74, 6) is 0.781. The van der Waals surface area contributed by atoms with Gasteiger partial charge in [-0.3, -0.25) is 9.59 Å². The Kier molecular flexibility index (Phi) is 8.22. The van der Waals surface area contributed by atoms with Gasteiger partial charge in [-0.05, 0) is 98.7 Å². The molecule has 38 heavy (non-hydrogen) atoms. The lowest BCUT2D eigenvalue weighted by molar-refractivity contribution is -0.137. The number of fused-ring (bicyclic) bond motifs is 1. The second kappa shape index (κ2) is 12.1. The third-order valence-electron chi connectivity index (χ3n) is 7.32. The summed E-state index contributed by atoms with van der Waals surface area (Å²) >= 11 is 0. The van der Waals surface area contributed by atoms with Gasteiger partial charge in [0, 0.05) is 28.6 Å². The molecule has 1 saturated carbocycles. The molecule has 0 unspecified atom stereocenters. The van der Waals surface area contributed by atoms with E-state index in [-0.39, 0.29) is 12.2 Å². The molecule has 5 rings (SSSR count). The van der Waals surface area contributed by atoms with Crippen LogP contribution < -0.4 is 4.74 Å². The first-order valence-corrected chi connectivity index (χ1v) is 13.7. The lowest BCUT2D eigenvalue weighted by Gasteiger charge is -2.08. The van der Waals surface area contributed by atoms with Crippen molar-refractivity contribution >= 4 is 22.7 Å². The topological polar surface area (TPSA) is 79.4 Å². The van der Waals surface area contributed by atoms with Crippen LogP contribution in [-0.4, -0.2) is 28.4 Å². The van der Waals surface area contributed by atoms with Crippen molar-refractivity contribution in [2.75, 3.05) is 6.61 Å². The third kappa shape index (κ3) is 6.71. The van der Waals surface area contributed by atoms with Gasteiger partial charge in [0.05, 0.1) is 12.2 Å². The number of nitrogens with one attached hydrogen (secondary N) is 1. The van der Waals surface area contributed by atoms with Crippen LogP contribution in [0.15, 0.2) is 72.8 Å². The lowest BCUT2D eigenvalue weighted by atomic mass is 9.98. The van der Waals surface area contributed by atoms with Crippen molar-refractivity contribution in [3.63, 3.8) is 0 Å². The minimum Gasteiger partial charge on any atom is -0.494 e. The van der Waals surface area contributed by atoms with Crippen molar-refractivity contribution in [3.05, 3.63) is 101 Å². The molecule has 1 fully saturated rings. The maximum absolute atomic E-state index is 13.5. The largest absolute Gasteiger partial charge is 0.494 e. The number of ether oxygens (including phenoxy) is 1. The van der Waals surface area contributed by atoms with E-state index in [2.05, 4.69) is 29.2 Å². The van der Waals surface area contributed by atoms with Gasteiger partial charge in [-0.2, -0.15) is 0 Å². The fraction of sp³-hybridized carbons (Fsp3) is 0.333. The van der Waals surface area contributed by atoms with Crippen LogP contribution in [0.1, 0.15) is 71.3 Å². The number of benzene rings is 3. The molecule has 0 spiro atoms. The van der Waals surface area contributed by atoms with Crippen molar-refractivity contribution in [1.29, 1.82) is 0 Å². The second-order valence-corrected chi connectivity index (χ2v) is 10.4. The predicted octanol–water partition coefficient (Wildman–Crippen LogP) is 7.16. The summed E-state index contributed by atoms with van der Waals surface area (Å²) in [4.78, 5) is 27.8. The smallest absolute Gasteiger partial charge is 0.303 e. The average Bonchev–Trinajstić information content (AvgIpc) is 3.67. The van der Waals surface area contributed by atoms with Gasteiger partial charge in [0.1, 0.15) is 5.75 Å². The summed E-state index contributed by atoms with van der Waals surface area (Å²) in [6.45, 7) is 0.642. The van der Waals surface area contributed by atoms with Crippen LogP contribution in [0.25, 0.3) is 10.9 Å². The number of para-hydroxylation sites is 1. The second-order valence-electron chi connectivity index (χ2n) is 10.4. The Bertz CT molecular complexity index is 1380. The Hall–Kier alpha value is -3.86. The summed E-state index contributed by atoms with van der Waals surface area (Å²) < 4.78 is 5.94. The first-order valence-electron chi connectivity index (χ1n) is 13.7. The number of H-pyrrole nitrogens is 1. The van der Waals surface area contributed by atoms with E-state index < -0.39 is 5.97 Å². The molecule has 0 atom stereocenters. The van der Waals surface area contributed by atoms with E-state index >= 15 is 0 Å². The van der Waals surface area contributed by atoms with E-state index in [1.165, 1.54) is 30.4 Å². The first kappa shape index (κ1) is 25.8. The van der Waals surface area contributed by atoms with Gasteiger partial charge in [-0.25, -0.2) is 0 Å². The van der Waals surface area contributed by atoms with Crippen LogP contribution >= 0.6 is 0 Å². The zero-order valence-corrected chi connectivity index (χ0v) is 21.7. The molecule has 0 bridgehead atoms. The highest BCUT2D eigenvalue weighted by Crippen LogP contribution is 2.32. The van der Waals surface area contributed by atoms with Crippen LogP contribution in [0.5, 0.6) is 5.75 Å². The number of aliphatic carboxylic acids is 1. The molecule has 4 aromatic rings.